The van der Waals surface area contributed by atoms with Crippen LogP contribution in [0.25, 0.3) is 0 Å². The van der Waals surface area contributed by atoms with E-state index < -0.39 is 0 Å². The van der Waals surface area contributed by atoms with Crippen LogP contribution in [-0.4, -0.2) is 19.2 Å². The molecule has 1 N–H and O–H groups in total. The van der Waals surface area contributed by atoms with Gasteiger partial charge in [0.2, 0.25) is 0 Å². The molecule has 1 rings (SSSR count). The summed E-state index contributed by atoms with van der Waals surface area (Å²) in [5.41, 5.74) is 1.38. The Kier molecular flexibility index (Phi) is 4.61. The molecule has 1 aliphatic rings. The summed E-state index contributed by atoms with van der Waals surface area (Å²) < 4.78 is 5.32. The van der Waals surface area contributed by atoms with Crippen molar-refractivity contribution < 1.29 is 4.74 Å². The second-order valence-corrected chi connectivity index (χ2v) is 3.30. The van der Waals surface area contributed by atoms with E-state index in [2.05, 4.69) is 18.8 Å². The summed E-state index contributed by atoms with van der Waals surface area (Å²) in [6, 6.07) is 0.433. The predicted molar refractivity (Wildman–Crippen MR) is 55.5 cm³/mol. The van der Waals surface area contributed by atoms with E-state index >= 15 is 0 Å². The van der Waals surface area contributed by atoms with Gasteiger partial charge in [-0.15, -0.1) is 6.58 Å². The average molecular weight is 181 g/mol. The first-order valence-electron chi connectivity index (χ1n) is 5.03. The van der Waals surface area contributed by atoms with Crippen molar-refractivity contribution in [3.8, 4) is 0 Å². The lowest BCUT2D eigenvalue weighted by molar-refractivity contribution is 0.219. The van der Waals surface area contributed by atoms with Crippen molar-refractivity contribution in [1.82, 2.24) is 5.32 Å². The first-order chi connectivity index (χ1) is 6.38. The topological polar surface area (TPSA) is 21.3 Å². The molecule has 0 aromatic rings. The number of nitrogens with one attached hydrogen (secondary N) is 1. The van der Waals surface area contributed by atoms with E-state index in [0.717, 1.165) is 32.4 Å². The van der Waals surface area contributed by atoms with Crippen molar-refractivity contribution in [2.24, 2.45) is 0 Å². The van der Waals surface area contributed by atoms with Crippen LogP contribution in [0.3, 0.4) is 0 Å². The molecule has 2 heteroatoms. The minimum absolute atomic E-state index is 0.433. The third-order valence-corrected chi connectivity index (χ3v) is 2.26. The second-order valence-electron chi connectivity index (χ2n) is 3.30. The molecule has 1 aliphatic heterocycles. The van der Waals surface area contributed by atoms with Crippen LogP contribution in [-0.2, 0) is 4.74 Å². The maximum Gasteiger partial charge on any atom is 0.0876 e. The standard InChI is InChI=1S/C11H19NO/c1-3-6-11(12-4-2)10-7-5-8-13-9-10/h3,9,11-12H,1,4-8H2,2H3. The Morgan fingerprint density at radius 2 is 2.62 bits per heavy atom. The van der Waals surface area contributed by atoms with Gasteiger partial charge in [-0.2, -0.15) is 0 Å². The van der Waals surface area contributed by atoms with Gasteiger partial charge in [0.25, 0.3) is 0 Å². The van der Waals surface area contributed by atoms with Crippen LogP contribution in [0.5, 0.6) is 0 Å². The lowest BCUT2D eigenvalue weighted by Gasteiger charge is -2.22. The molecule has 0 saturated heterocycles. The summed E-state index contributed by atoms with van der Waals surface area (Å²) in [6.07, 6.45) is 7.17. The van der Waals surface area contributed by atoms with Crippen molar-refractivity contribution in [1.29, 1.82) is 0 Å². The smallest absolute Gasteiger partial charge is 0.0876 e. The predicted octanol–water partition coefficient (Wildman–Crippen LogP) is 2.23. The summed E-state index contributed by atoms with van der Waals surface area (Å²) in [6.45, 7) is 7.76. The fourth-order valence-electron chi connectivity index (χ4n) is 1.62. The molecule has 0 spiro atoms. The van der Waals surface area contributed by atoms with Gasteiger partial charge in [0.05, 0.1) is 12.9 Å². The number of rotatable bonds is 5. The Morgan fingerprint density at radius 3 is 3.15 bits per heavy atom. The van der Waals surface area contributed by atoms with E-state index in [0.29, 0.717) is 6.04 Å². The first kappa shape index (κ1) is 10.3. The van der Waals surface area contributed by atoms with Crippen LogP contribution in [0, 0.1) is 0 Å². The Bertz CT molecular complexity index is 187. The van der Waals surface area contributed by atoms with Gasteiger partial charge in [0.1, 0.15) is 0 Å². The molecule has 0 aromatic heterocycles. The molecule has 0 radical (unpaired) electrons. The SMILES string of the molecule is C=CCC(NCC)C1=COCCC1. The van der Waals surface area contributed by atoms with E-state index in [-0.39, 0.29) is 0 Å². The zero-order chi connectivity index (χ0) is 9.52. The Labute approximate surface area is 80.7 Å². The maximum absolute atomic E-state index is 5.32. The maximum atomic E-state index is 5.32. The molecule has 1 atom stereocenters. The van der Waals surface area contributed by atoms with Crippen LogP contribution >= 0.6 is 0 Å². The molecule has 0 amide bonds. The van der Waals surface area contributed by atoms with Gasteiger partial charge >= 0.3 is 0 Å². The van der Waals surface area contributed by atoms with Gasteiger partial charge in [-0.3, -0.25) is 0 Å². The fourth-order valence-corrected chi connectivity index (χ4v) is 1.62. The van der Waals surface area contributed by atoms with Crippen molar-refractivity contribution in [2.45, 2.75) is 32.2 Å². The molecule has 0 bridgehead atoms. The molecule has 2 nitrogen and oxygen atoms in total. The van der Waals surface area contributed by atoms with Crippen LogP contribution in [0.4, 0.5) is 0 Å². The third-order valence-electron chi connectivity index (χ3n) is 2.26. The molecule has 0 fully saturated rings. The van der Waals surface area contributed by atoms with E-state index in [1.165, 1.54) is 5.57 Å². The molecular weight excluding hydrogens is 162 g/mol. The van der Waals surface area contributed by atoms with Gasteiger partial charge in [-0.05, 0) is 31.4 Å². The second kappa shape index (κ2) is 5.81. The van der Waals surface area contributed by atoms with Crippen LogP contribution in [0.2, 0.25) is 0 Å². The summed E-state index contributed by atoms with van der Waals surface area (Å²) in [5, 5.41) is 3.43. The van der Waals surface area contributed by atoms with Gasteiger partial charge in [0, 0.05) is 6.04 Å². The van der Waals surface area contributed by atoms with Gasteiger partial charge in [-0.25, -0.2) is 0 Å². The van der Waals surface area contributed by atoms with Crippen molar-refractivity contribution in [3.63, 3.8) is 0 Å². The molecule has 1 unspecified atom stereocenters. The zero-order valence-electron chi connectivity index (χ0n) is 8.38. The normalized spacial score (nSPS) is 18.7. The van der Waals surface area contributed by atoms with Gasteiger partial charge in [-0.1, -0.05) is 13.0 Å². The quantitative estimate of drug-likeness (QED) is 0.657. The number of likely N-dealkylation sites (N-methyl/N-ethyl adjacent to an activating group) is 1. The average Bonchev–Trinajstić information content (AvgIpc) is 2.19. The Hall–Kier alpha value is -0.760. The number of ether oxygens (including phenoxy) is 1. The minimum atomic E-state index is 0.433. The van der Waals surface area contributed by atoms with E-state index in [1.54, 1.807) is 0 Å². The highest BCUT2D eigenvalue weighted by Gasteiger charge is 2.14. The highest BCUT2D eigenvalue weighted by molar-refractivity contribution is 5.11. The molecule has 0 aliphatic carbocycles. The third kappa shape index (κ3) is 3.23. The van der Waals surface area contributed by atoms with E-state index in [4.69, 9.17) is 4.74 Å². The Balaban J connectivity index is 2.50. The lowest BCUT2D eigenvalue weighted by Crippen LogP contribution is -2.31. The van der Waals surface area contributed by atoms with Crippen LogP contribution < -0.4 is 5.32 Å². The van der Waals surface area contributed by atoms with Gasteiger partial charge < -0.3 is 10.1 Å². The minimum Gasteiger partial charge on any atom is -0.501 e. The monoisotopic (exact) mass is 181 g/mol. The van der Waals surface area contributed by atoms with E-state index in [1.807, 2.05) is 12.3 Å². The van der Waals surface area contributed by atoms with E-state index in [9.17, 15) is 0 Å². The number of hydrogen-bond donors (Lipinski definition) is 1. The molecular formula is C11H19NO. The summed E-state index contributed by atoms with van der Waals surface area (Å²) in [4.78, 5) is 0. The van der Waals surface area contributed by atoms with Crippen LogP contribution in [0.15, 0.2) is 24.5 Å². The summed E-state index contributed by atoms with van der Waals surface area (Å²) in [7, 11) is 0. The molecule has 0 aromatic carbocycles. The summed E-state index contributed by atoms with van der Waals surface area (Å²) in [5.74, 6) is 0. The summed E-state index contributed by atoms with van der Waals surface area (Å²) >= 11 is 0. The molecule has 13 heavy (non-hydrogen) atoms. The lowest BCUT2D eigenvalue weighted by atomic mass is 9.99. The fraction of sp³-hybridized carbons (Fsp3) is 0.636. The molecule has 74 valence electrons. The highest BCUT2D eigenvalue weighted by atomic mass is 16.5. The largest absolute Gasteiger partial charge is 0.501 e. The van der Waals surface area contributed by atoms with Crippen molar-refractivity contribution >= 4 is 0 Å². The molecule has 0 saturated carbocycles. The Morgan fingerprint density at radius 1 is 1.77 bits per heavy atom. The molecule has 1 heterocycles. The highest BCUT2D eigenvalue weighted by Crippen LogP contribution is 2.17. The zero-order valence-corrected chi connectivity index (χ0v) is 8.38. The van der Waals surface area contributed by atoms with Gasteiger partial charge in [0.15, 0.2) is 0 Å². The van der Waals surface area contributed by atoms with Crippen molar-refractivity contribution in [3.05, 3.63) is 24.5 Å². The first-order valence-corrected chi connectivity index (χ1v) is 5.03. The van der Waals surface area contributed by atoms with Crippen molar-refractivity contribution in [2.75, 3.05) is 13.2 Å². The van der Waals surface area contributed by atoms with Crippen LogP contribution in [0.1, 0.15) is 26.2 Å². The number of hydrogen-bond acceptors (Lipinski definition) is 2.